The standard InChI is InChI=1S/C18H21N3O3/c1-4-15-17(13(3)24-19-15)18(23)20-9-10-21(16(22)11-20)14-7-5-12(2)6-8-14/h5-8H,4,9-11H2,1-3H3. The van der Waals surface area contributed by atoms with Gasteiger partial charge in [0.25, 0.3) is 5.91 Å². The van der Waals surface area contributed by atoms with Crippen molar-refractivity contribution in [1.82, 2.24) is 10.1 Å². The molecule has 1 saturated heterocycles. The summed E-state index contributed by atoms with van der Waals surface area (Å²) in [6.45, 7) is 6.71. The molecule has 2 aromatic rings. The minimum absolute atomic E-state index is 0.0699. The van der Waals surface area contributed by atoms with Crippen LogP contribution in [0.1, 0.15) is 34.3 Å². The van der Waals surface area contributed by atoms with Crippen LogP contribution in [-0.2, 0) is 11.2 Å². The molecule has 0 spiro atoms. The minimum atomic E-state index is -0.178. The van der Waals surface area contributed by atoms with E-state index in [1.54, 1.807) is 16.7 Å². The first-order chi connectivity index (χ1) is 11.5. The second-order valence-corrected chi connectivity index (χ2v) is 6.02. The molecule has 3 rings (SSSR count). The summed E-state index contributed by atoms with van der Waals surface area (Å²) in [6.07, 6.45) is 0.621. The number of piperazine rings is 1. The molecular formula is C18H21N3O3. The number of carbonyl (C=O) groups excluding carboxylic acids is 2. The molecule has 6 nitrogen and oxygen atoms in total. The van der Waals surface area contributed by atoms with Gasteiger partial charge in [-0.2, -0.15) is 0 Å². The first kappa shape index (κ1) is 16.2. The van der Waals surface area contributed by atoms with Gasteiger partial charge in [-0.3, -0.25) is 9.59 Å². The van der Waals surface area contributed by atoms with Crippen LogP contribution >= 0.6 is 0 Å². The fraction of sp³-hybridized carbons (Fsp3) is 0.389. The van der Waals surface area contributed by atoms with Crippen molar-refractivity contribution in [3.8, 4) is 0 Å². The van der Waals surface area contributed by atoms with Crippen molar-refractivity contribution in [1.29, 1.82) is 0 Å². The predicted molar refractivity (Wildman–Crippen MR) is 90.1 cm³/mol. The molecule has 0 radical (unpaired) electrons. The molecule has 6 heteroatoms. The van der Waals surface area contributed by atoms with Crippen LogP contribution in [0.15, 0.2) is 28.8 Å². The van der Waals surface area contributed by atoms with Gasteiger partial charge in [0.2, 0.25) is 5.91 Å². The SMILES string of the molecule is CCc1noc(C)c1C(=O)N1CCN(c2ccc(C)cc2)C(=O)C1. The summed E-state index contributed by atoms with van der Waals surface area (Å²) in [4.78, 5) is 28.5. The maximum atomic E-state index is 12.7. The van der Waals surface area contributed by atoms with Gasteiger partial charge in [0.1, 0.15) is 17.9 Å². The third-order valence-electron chi connectivity index (χ3n) is 4.34. The van der Waals surface area contributed by atoms with Crippen LogP contribution in [0.3, 0.4) is 0 Å². The number of hydrogen-bond acceptors (Lipinski definition) is 4. The zero-order valence-corrected chi connectivity index (χ0v) is 14.2. The summed E-state index contributed by atoms with van der Waals surface area (Å²) < 4.78 is 5.13. The summed E-state index contributed by atoms with van der Waals surface area (Å²) in [6, 6.07) is 7.83. The molecule has 1 fully saturated rings. The van der Waals surface area contributed by atoms with Crippen LogP contribution in [0.4, 0.5) is 5.69 Å². The maximum absolute atomic E-state index is 12.7. The third kappa shape index (κ3) is 2.91. The molecule has 1 aromatic heterocycles. The van der Waals surface area contributed by atoms with Crippen molar-refractivity contribution < 1.29 is 14.1 Å². The lowest BCUT2D eigenvalue weighted by atomic mass is 10.1. The zero-order valence-electron chi connectivity index (χ0n) is 14.2. The normalized spacial score (nSPS) is 15.0. The number of amides is 2. The fourth-order valence-corrected chi connectivity index (χ4v) is 2.94. The lowest BCUT2D eigenvalue weighted by Crippen LogP contribution is -2.52. The quantitative estimate of drug-likeness (QED) is 0.868. The molecule has 0 N–H and O–H groups in total. The average molecular weight is 327 g/mol. The van der Waals surface area contributed by atoms with Crippen LogP contribution < -0.4 is 4.90 Å². The van der Waals surface area contributed by atoms with Gasteiger partial charge < -0.3 is 14.3 Å². The summed E-state index contributed by atoms with van der Waals surface area (Å²) in [7, 11) is 0. The zero-order chi connectivity index (χ0) is 17.3. The molecule has 0 atom stereocenters. The van der Waals surface area contributed by atoms with Gasteiger partial charge in [-0.05, 0) is 32.4 Å². The third-order valence-corrected chi connectivity index (χ3v) is 4.34. The highest BCUT2D eigenvalue weighted by molar-refractivity contribution is 6.02. The van der Waals surface area contributed by atoms with Crippen LogP contribution in [0, 0.1) is 13.8 Å². The first-order valence-corrected chi connectivity index (χ1v) is 8.12. The molecule has 2 heterocycles. The number of anilines is 1. The minimum Gasteiger partial charge on any atom is -0.361 e. The van der Waals surface area contributed by atoms with E-state index < -0.39 is 0 Å². The second-order valence-electron chi connectivity index (χ2n) is 6.02. The predicted octanol–water partition coefficient (Wildman–Crippen LogP) is 2.34. The molecule has 0 aliphatic carbocycles. The smallest absolute Gasteiger partial charge is 0.259 e. The Morgan fingerprint density at radius 1 is 1.21 bits per heavy atom. The average Bonchev–Trinajstić information content (AvgIpc) is 2.96. The number of benzene rings is 1. The molecule has 24 heavy (non-hydrogen) atoms. The number of carbonyl (C=O) groups is 2. The Morgan fingerprint density at radius 3 is 2.54 bits per heavy atom. The number of aryl methyl sites for hydroxylation is 3. The monoisotopic (exact) mass is 327 g/mol. The van der Waals surface area contributed by atoms with Crippen molar-refractivity contribution >= 4 is 17.5 Å². The summed E-state index contributed by atoms with van der Waals surface area (Å²) in [5.41, 5.74) is 3.16. The largest absolute Gasteiger partial charge is 0.361 e. The van der Waals surface area contributed by atoms with E-state index in [0.717, 1.165) is 11.3 Å². The Labute approximate surface area is 141 Å². The summed E-state index contributed by atoms with van der Waals surface area (Å²) in [5.74, 6) is 0.248. The van der Waals surface area contributed by atoms with Gasteiger partial charge in [-0.25, -0.2) is 0 Å². The molecule has 2 amide bonds. The number of aromatic nitrogens is 1. The van der Waals surface area contributed by atoms with E-state index in [4.69, 9.17) is 4.52 Å². The fourth-order valence-electron chi connectivity index (χ4n) is 2.94. The highest BCUT2D eigenvalue weighted by atomic mass is 16.5. The highest BCUT2D eigenvalue weighted by Gasteiger charge is 2.31. The van der Waals surface area contributed by atoms with E-state index in [-0.39, 0.29) is 18.4 Å². The first-order valence-electron chi connectivity index (χ1n) is 8.12. The maximum Gasteiger partial charge on any atom is 0.259 e. The number of nitrogens with zero attached hydrogens (tertiary/aromatic N) is 3. The Bertz CT molecular complexity index is 764. The molecule has 126 valence electrons. The number of hydrogen-bond donors (Lipinski definition) is 0. The lowest BCUT2D eigenvalue weighted by Gasteiger charge is -2.34. The van der Waals surface area contributed by atoms with Gasteiger partial charge in [-0.15, -0.1) is 0 Å². The Morgan fingerprint density at radius 2 is 1.92 bits per heavy atom. The second kappa shape index (κ2) is 6.47. The van der Waals surface area contributed by atoms with Crippen LogP contribution in [0.5, 0.6) is 0 Å². The van der Waals surface area contributed by atoms with Crippen molar-refractivity contribution in [3.63, 3.8) is 0 Å². The van der Waals surface area contributed by atoms with E-state index in [2.05, 4.69) is 5.16 Å². The Kier molecular flexibility index (Phi) is 4.38. The van der Waals surface area contributed by atoms with Gasteiger partial charge in [0.15, 0.2) is 0 Å². The van der Waals surface area contributed by atoms with Gasteiger partial charge in [0, 0.05) is 18.8 Å². The summed E-state index contributed by atoms with van der Waals surface area (Å²) >= 11 is 0. The van der Waals surface area contributed by atoms with E-state index in [1.807, 2.05) is 38.1 Å². The lowest BCUT2D eigenvalue weighted by molar-refractivity contribution is -0.120. The molecular weight excluding hydrogens is 306 g/mol. The topological polar surface area (TPSA) is 66.7 Å². The van der Waals surface area contributed by atoms with Crippen molar-refractivity contribution in [2.75, 3.05) is 24.5 Å². The molecule has 0 bridgehead atoms. The molecule has 1 aliphatic heterocycles. The molecule has 1 aromatic carbocycles. The Balaban J connectivity index is 1.75. The van der Waals surface area contributed by atoms with Gasteiger partial charge >= 0.3 is 0 Å². The van der Waals surface area contributed by atoms with Crippen LogP contribution in [0.2, 0.25) is 0 Å². The van der Waals surface area contributed by atoms with Crippen molar-refractivity contribution in [2.24, 2.45) is 0 Å². The van der Waals surface area contributed by atoms with E-state index >= 15 is 0 Å². The highest BCUT2D eigenvalue weighted by Crippen LogP contribution is 2.21. The van der Waals surface area contributed by atoms with Crippen molar-refractivity contribution in [3.05, 3.63) is 46.8 Å². The van der Waals surface area contributed by atoms with Gasteiger partial charge in [-0.1, -0.05) is 29.8 Å². The van der Waals surface area contributed by atoms with Gasteiger partial charge in [0.05, 0.1) is 5.69 Å². The molecule has 1 aliphatic rings. The van der Waals surface area contributed by atoms with E-state index in [9.17, 15) is 9.59 Å². The summed E-state index contributed by atoms with van der Waals surface area (Å²) in [5, 5.41) is 3.92. The van der Waals surface area contributed by atoms with Crippen LogP contribution in [-0.4, -0.2) is 41.5 Å². The van der Waals surface area contributed by atoms with E-state index in [0.29, 0.717) is 36.5 Å². The Hall–Kier alpha value is -2.63. The molecule has 0 saturated carbocycles. The van der Waals surface area contributed by atoms with E-state index in [1.165, 1.54) is 0 Å². The molecule has 0 unspecified atom stereocenters. The van der Waals surface area contributed by atoms with Crippen molar-refractivity contribution in [2.45, 2.75) is 27.2 Å². The van der Waals surface area contributed by atoms with Crippen LogP contribution in [0.25, 0.3) is 0 Å². The number of rotatable bonds is 3.